The minimum absolute atomic E-state index is 0.0744. The van der Waals surface area contributed by atoms with E-state index in [1.807, 2.05) is 0 Å². The number of nitro groups is 1. The van der Waals surface area contributed by atoms with Crippen molar-refractivity contribution in [2.75, 3.05) is 4.72 Å². The Morgan fingerprint density at radius 1 is 1.14 bits per heavy atom. The Kier molecular flexibility index (Phi) is 5.54. The number of para-hydroxylation sites is 1. The number of nitro benzene ring substituents is 1. The van der Waals surface area contributed by atoms with Gasteiger partial charge in [-0.25, -0.2) is 12.8 Å². The van der Waals surface area contributed by atoms with Crippen LogP contribution in [-0.2, 0) is 16.6 Å². The molecule has 8 nitrogen and oxygen atoms in total. The summed E-state index contributed by atoms with van der Waals surface area (Å²) in [4.78, 5) is 9.73. The number of rotatable bonds is 6. The van der Waals surface area contributed by atoms with E-state index in [0.717, 1.165) is 12.1 Å². The standard InChI is InChI=1S/C16H11Cl2FN4O4S/c17-11-4-3-5-13(19)10(11)8-22-9-12(18)16(20-22)21-28(26,27)15-7-2-1-6-14(15)23(24)25/h1-7,9H,8H2,(H,20,21). The number of nitrogens with one attached hydrogen (secondary N) is 1. The SMILES string of the molecule is O=[N+]([O-])c1ccccc1S(=O)(=O)Nc1nn(Cc2c(F)cccc2Cl)cc1Cl. The van der Waals surface area contributed by atoms with Crippen molar-refractivity contribution in [1.82, 2.24) is 9.78 Å². The number of anilines is 1. The predicted molar refractivity (Wildman–Crippen MR) is 102 cm³/mol. The van der Waals surface area contributed by atoms with Crippen molar-refractivity contribution in [2.45, 2.75) is 11.4 Å². The van der Waals surface area contributed by atoms with E-state index in [4.69, 9.17) is 23.2 Å². The summed E-state index contributed by atoms with van der Waals surface area (Å²) in [6.45, 7) is -0.0988. The van der Waals surface area contributed by atoms with Gasteiger partial charge in [-0.15, -0.1) is 0 Å². The second-order valence-electron chi connectivity index (χ2n) is 5.55. The Morgan fingerprint density at radius 2 is 1.86 bits per heavy atom. The van der Waals surface area contributed by atoms with Crippen molar-refractivity contribution in [3.8, 4) is 0 Å². The number of benzene rings is 2. The summed E-state index contributed by atoms with van der Waals surface area (Å²) in [6, 6.07) is 9.02. The molecule has 0 aliphatic rings. The van der Waals surface area contributed by atoms with Crippen molar-refractivity contribution in [3.63, 3.8) is 0 Å². The van der Waals surface area contributed by atoms with Crippen LogP contribution in [0.25, 0.3) is 0 Å². The summed E-state index contributed by atoms with van der Waals surface area (Å²) < 4.78 is 42.3. The van der Waals surface area contributed by atoms with E-state index in [2.05, 4.69) is 9.82 Å². The lowest BCUT2D eigenvalue weighted by molar-refractivity contribution is -0.387. The van der Waals surface area contributed by atoms with Gasteiger partial charge in [0.15, 0.2) is 10.7 Å². The molecule has 3 aromatic rings. The zero-order valence-electron chi connectivity index (χ0n) is 13.8. The molecule has 1 aromatic heterocycles. The van der Waals surface area contributed by atoms with E-state index in [1.165, 1.54) is 41.2 Å². The molecule has 0 bridgehead atoms. The van der Waals surface area contributed by atoms with E-state index in [0.29, 0.717) is 0 Å². The van der Waals surface area contributed by atoms with Gasteiger partial charge in [-0.1, -0.05) is 41.4 Å². The molecule has 3 rings (SSSR count). The zero-order valence-corrected chi connectivity index (χ0v) is 16.2. The first-order valence-corrected chi connectivity index (χ1v) is 9.85. The number of hydrogen-bond acceptors (Lipinski definition) is 5. The van der Waals surface area contributed by atoms with Crippen LogP contribution in [0, 0.1) is 15.9 Å². The highest BCUT2D eigenvalue weighted by atomic mass is 35.5. The largest absolute Gasteiger partial charge is 0.289 e. The normalized spacial score (nSPS) is 11.4. The number of halogens is 3. The molecule has 0 spiro atoms. The van der Waals surface area contributed by atoms with Crippen LogP contribution in [0.15, 0.2) is 53.6 Å². The second-order valence-corrected chi connectivity index (χ2v) is 8.02. The highest BCUT2D eigenvalue weighted by Gasteiger charge is 2.27. The first-order chi connectivity index (χ1) is 13.2. The second kappa shape index (κ2) is 7.74. The molecule has 0 aliphatic heterocycles. The van der Waals surface area contributed by atoms with Crippen LogP contribution >= 0.6 is 23.2 Å². The molecule has 0 saturated carbocycles. The first kappa shape index (κ1) is 20.1. The van der Waals surface area contributed by atoms with Crippen LogP contribution in [0.1, 0.15) is 5.56 Å². The average Bonchev–Trinajstić information content (AvgIpc) is 2.97. The van der Waals surface area contributed by atoms with Gasteiger partial charge in [0.05, 0.1) is 11.5 Å². The summed E-state index contributed by atoms with van der Waals surface area (Å²) in [7, 11) is -4.34. The quantitative estimate of drug-likeness (QED) is 0.455. The van der Waals surface area contributed by atoms with E-state index in [-0.39, 0.29) is 28.0 Å². The molecule has 0 atom stereocenters. The first-order valence-electron chi connectivity index (χ1n) is 7.61. The van der Waals surface area contributed by atoms with Crippen LogP contribution in [0.5, 0.6) is 0 Å². The minimum atomic E-state index is -4.34. The molecular formula is C16H11Cl2FN4O4S. The fraction of sp³-hybridized carbons (Fsp3) is 0.0625. The summed E-state index contributed by atoms with van der Waals surface area (Å²) >= 11 is 12.0. The van der Waals surface area contributed by atoms with Crippen LogP contribution in [-0.4, -0.2) is 23.1 Å². The third kappa shape index (κ3) is 4.08. The van der Waals surface area contributed by atoms with Crippen molar-refractivity contribution in [1.29, 1.82) is 0 Å². The number of hydrogen-bond donors (Lipinski definition) is 1. The lowest BCUT2D eigenvalue weighted by atomic mass is 10.2. The highest BCUT2D eigenvalue weighted by molar-refractivity contribution is 7.92. The maximum absolute atomic E-state index is 13.9. The Labute approximate surface area is 168 Å². The molecule has 12 heteroatoms. The summed E-state index contributed by atoms with van der Waals surface area (Å²) in [5.41, 5.74) is -0.444. The zero-order chi connectivity index (χ0) is 20.5. The smallest absolute Gasteiger partial charge is 0.264 e. The van der Waals surface area contributed by atoms with E-state index < -0.39 is 31.3 Å². The molecule has 146 valence electrons. The molecule has 2 aromatic carbocycles. The molecule has 28 heavy (non-hydrogen) atoms. The Balaban J connectivity index is 1.91. The third-order valence-electron chi connectivity index (χ3n) is 3.68. The van der Waals surface area contributed by atoms with Gasteiger partial charge in [0, 0.05) is 22.8 Å². The van der Waals surface area contributed by atoms with Crippen molar-refractivity contribution in [2.24, 2.45) is 0 Å². The molecule has 0 unspecified atom stereocenters. The van der Waals surface area contributed by atoms with Crippen LogP contribution in [0.2, 0.25) is 10.0 Å². The molecule has 0 fully saturated rings. The van der Waals surface area contributed by atoms with Crippen LogP contribution in [0.3, 0.4) is 0 Å². The van der Waals surface area contributed by atoms with Crippen molar-refractivity contribution < 1.29 is 17.7 Å². The highest BCUT2D eigenvalue weighted by Crippen LogP contribution is 2.28. The molecule has 0 saturated heterocycles. The van der Waals surface area contributed by atoms with Crippen molar-refractivity contribution in [3.05, 3.63) is 80.2 Å². The Bertz CT molecular complexity index is 1150. The van der Waals surface area contributed by atoms with Gasteiger partial charge in [0.1, 0.15) is 10.8 Å². The van der Waals surface area contributed by atoms with Gasteiger partial charge in [-0.05, 0) is 18.2 Å². The molecule has 0 radical (unpaired) electrons. The Morgan fingerprint density at radius 3 is 2.54 bits per heavy atom. The third-order valence-corrected chi connectivity index (χ3v) is 5.70. The molecule has 0 aliphatic carbocycles. The molecule has 1 heterocycles. The number of aromatic nitrogens is 2. The fourth-order valence-corrected chi connectivity index (χ4v) is 4.08. The van der Waals surface area contributed by atoms with E-state index in [9.17, 15) is 22.9 Å². The number of nitrogens with zero attached hydrogens (tertiary/aromatic N) is 3. The Hall–Kier alpha value is -2.69. The maximum atomic E-state index is 13.9. The lowest BCUT2D eigenvalue weighted by Crippen LogP contribution is -2.15. The van der Waals surface area contributed by atoms with Crippen LogP contribution in [0.4, 0.5) is 15.9 Å². The molecule has 0 amide bonds. The summed E-state index contributed by atoms with van der Waals surface area (Å²) in [5.74, 6) is -0.812. The van der Waals surface area contributed by atoms with Gasteiger partial charge < -0.3 is 0 Å². The topological polar surface area (TPSA) is 107 Å². The van der Waals surface area contributed by atoms with Gasteiger partial charge in [0.25, 0.3) is 15.7 Å². The van der Waals surface area contributed by atoms with Crippen LogP contribution < -0.4 is 4.72 Å². The van der Waals surface area contributed by atoms with Gasteiger partial charge in [-0.3, -0.25) is 19.5 Å². The predicted octanol–water partition coefficient (Wildman–Crippen LogP) is 4.09. The average molecular weight is 445 g/mol. The summed E-state index contributed by atoms with van der Waals surface area (Å²) in [5, 5.41) is 15.2. The fourth-order valence-electron chi connectivity index (χ4n) is 2.41. The monoisotopic (exact) mass is 444 g/mol. The van der Waals surface area contributed by atoms with E-state index in [1.54, 1.807) is 0 Å². The summed E-state index contributed by atoms with van der Waals surface area (Å²) in [6.07, 6.45) is 1.28. The van der Waals surface area contributed by atoms with Gasteiger partial charge >= 0.3 is 0 Å². The minimum Gasteiger partial charge on any atom is -0.264 e. The molecular weight excluding hydrogens is 434 g/mol. The lowest BCUT2D eigenvalue weighted by Gasteiger charge is -2.07. The number of sulfonamides is 1. The van der Waals surface area contributed by atoms with Gasteiger partial charge in [0.2, 0.25) is 0 Å². The van der Waals surface area contributed by atoms with E-state index >= 15 is 0 Å². The van der Waals surface area contributed by atoms with Gasteiger partial charge in [-0.2, -0.15) is 5.10 Å². The van der Waals surface area contributed by atoms with Crippen molar-refractivity contribution >= 4 is 44.7 Å². The maximum Gasteiger partial charge on any atom is 0.289 e. The molecule has 1 N–H and O–H groups in total.